The number of aliphatic hydroxyl groups is 1. The fourth-order valence-corrected chi connectivity index (χ4v) is 1.40. The van der Waals surface area contributed by atoms with E-state index in [1.165, 1.54) is 0 Å². The molecule has 1 aromatic carbocycles. The minimum absolute atomic E-state index is 0.0518. The number of rotatable bonds is 3. The maximum atomic E-state index is 12.0. The number of anilines is 1. The summed E-state index contributed by atoms with van der Waals surface area (Å²) in [5.74, 6) is 5.50. The van der Waals surface area contributed by atoms with Crippen LogP contribution in [0.3, 0.4) is 0 Å². The zero-order valence-electron chi connectivity index (χ0n) is 11.3. The Morgan fingerprint density at radius 3 is 2.71 bits per heavy atom. The standard InChI is InChI=1S/C14H15F3N2O2/c1-10-5-6-11(4-2-3-7-20)8-12(10)19-13(21)18-9-14(15,16)17/h5-6,8,20H,3,7,9H2,1H3,(H2,18,19,21). The third-order valence-electron chi connectivity index (χ3n) is 2.40. The number of carbonyl (C=O) groups is 1. The summed E-state index contributed by atoms with van der Waals surface area (Å²) in [6.07, 6.45) is -4.13. The van der Waals surface area contributed by atoms with Crippen LogP contribution in [0.1, 0.15) is 17.5 Å². The highest BCUT2D eigenvalue weighted by molar-refractivity contribution is 5.90. The van der Waals surface area contributed by atoms with Crippen LogP contribution in [0.2, 0.25) is 0 Å². The molecule has 114 valence electrons. The first-order chi connectivity index (χ1) is 9.81. The summed E-state index contributed by atoms with van der Waals surface area (Å²) in [6, 6.07) is 4.05. The number of halogens is 3. The normalized spacial score (nSPS) is 10.5. The van der Waals surface area contributed by atoms with Gasteiger partial charge in [-0.3, -0.25) is 0 Å². The average Bonchev–Trinajstić information content (AvgIpc) is 2.40. The molecule has 0 aliphatic rings. The lowest BCUT2D eigenvalue weighted by molar-refractivity contribution is -0.122. The summed E-state index contributed by atoms with van der Waals surface area (Å²) >= 11 is 0. The van der Waals surface area contributed by atoms with Gasteiger partial charge in [0.1, 0.15) is 6.54 Å². The third-order valence-corrected chi connectivity index (χ3v) is 2.40. The fraction of sp³-hybridized carbons (Fsp3) is 0.357. The summed E-state index contributed by atoms with van der Waals surface area (Å²) in [4.78, 5) is 11.4. The van der Waals surface area contributed by atoms with E-state index in [0.29, 0.717) is 23.2 Å². The number of aliphatic hydroxyl groups excluding tert-OH is 1. The second-order valence-corrected chi connectivity index (χ2v) is 4.23. The van der Waals surface area contributed by atoms with E-state index >= 15 is 0 Å². The molecular formula is C14H15F3N2O2. The highest BCUT2D eigenvalue weighted by Gasteiger charge is 2.27. The number of carbonyl (C=O) groups excluding carboxylic acids is 1. The molecule has 0 aliphatic carbocycles. The lowest BCUT2D eigenvalue weighted by Gasteiger charge is -2.11. The van der Waals surface area contributed by atoms with Crippen molar-refractivity contribution in [3.63, 3.8) is 0 Å². The van der Waals surface area contributed by atoms with E-state index in [0.717, 1.165) is 0 Å². The molecule has 0 bridgehead atoms. The SMILES string of the molecule is Cc1ccc(C#CCCO)cc1NC(=O)NCC(F)(F)F. The molecule has 0 fully saturated rings. The van der Waals surface area contributed by atoms with Crippen LogP contribution in [-0.4, -0.2) is 30.5 Å². The predicted octanol–water partition coefficient (Wildman–Crippen LogP) is 2.41. The van der Waals surface area contributed by atoms with Crippen LogP contribution in [0.5, 0.6) is 0 Å². The quantitative estimate of drug-likeness (QED) is 0.751. The topological polar surface area (TPSA) is 61.4 Å². The molecule has 0 heterocycles. The van der Waals surface area contributed by atoms with Crippen LogP contribution in [0, 0.1) is 18.8 Å². The number of nitrogens with one attached hydrogen (secondary N) is 2. The van der Waals surface area contributed by atoms with E-state index in [9.17, 15) is 18.0 Å². The molecule has 0 aromatic heterocycles. The summed E-state index contributed by atoms with van der Waals surface area (Å²) in [5.41, 5.74) is 1.68. The zero-order valence-corrected chi connectivity index (χ0v) is 11.3. The Morgan fingerprint density at radius 1 is 1.38 bits per heavy atom. The molecule has 0 unspecified atom stereocenters. The van der Waals surface area contributed by atoms with Gasteiger partial charge in [-0.05, 0) is 24.6 Å². The number of hydrogen-bond acceptors (Lipinski definition) is 2. The largest absolute Gasteiger partial charge is 0.405 e. The Hall–Kier alpha value is -2.20. The van der Waals surface area contributed by atoms with Crippen molar-refractivity contribution in [1.82, 2.24) is 5.32 Å². The third kappa shape index (κ3) is 6.68. The second-order valence-electron chi connectivity index (χ2n) is 4.23. The van der Waals surface area contributed by atoms with Crippen LogP contribution in [0.15, 0.2) is 18.2 Å². The lowest BCUT2D eigenvalue weighted by Crippen LogP contribution is -2.36. The van der Waals surface area contributed by atoms with Gasteiger partial charge in [-0.1, -0.05) is 17.9 Å². The molecule has 21 heavy (non-hydrogen) atoms. The summed E-state index contributed by atoms with van der Waals surface area (Å²) in [7, 11) is 0. The molecule has 3 N–H and O–H groups in total. The van der Waals surface area contributed by atoms with E-state index in [4.69, 9.17) is 5.11 Å². The lowest BCUT2D eigenvalue weighted by atomic mass is 10.1. The minimum atomic E-state index is -4.45. The Balaban J connectivity index is 2.72. The van der Waals surface area contributed by atoms with Gasteiger partial charge in [-0.25, -0.2) is 4.79 Å². The fourth-order valence-electron chi connectivity index (χ4n) is 1.40. The van der Waals surface area contributed by atoms with Crippen LogP contribution >= 0.6 is 0 Å². The molecule has 4 nitrogen and oxygen atoms in total. The molecule has 1 rings (SSSR count). The number of hydrogen-bond donors (Lipinski definition) is 3. The van der Waals surface area contributed by atoms with Crippen molar-refractivity contribution in [2.75, 3.05) is 18.5 Å². The number of benzene rings is 1. The van der Waals surface area contributed by atoms with Crippen molar-refractivity contribution < 1.29 is 23.1 Å². The van der Waals surface area contributed by atoms with Gasteiger partial charge in [0.25, 0.3) is 0 Å². The maximum absolute atomic E-state index is 12.0. The highest BCUT2D eigenvalue weighted by atomic mass is 19.4. The average molecular weight is 300 g/mol. The Kier molecular flexibility index (Phi) is 6.06. The van der Waals surface area contributed by atoms with E-state index in [1.807, 2.05) is 0 Å². The second kappa shape index (κ2) is 7.55. The van der Waals surface area contributed by atoms with Gasteiger partial charge < -0.3 is 15.7 Å². The molecule has 1 aromatic rings. The van der Waals surface area contributed by atoms with Gasteiger partial charge >= 0.3 is 12.2 Å². The Labute approximate surface area is 120 Å². The van der Waals surface area contributed by atoms with Gasteiger partial charge in [0, 0.05) is 17.7 Å². The molecule has 0 aliphatic heterocycles. The number of alkyl halides is 3. The molecule has 0 saturated carbocycles. The van der Waals surface area contributed by atoms with Crippen molar-refractivity contribution in [1.29, 1.82) is 0 Å². The van der Waals surface area contributed by atoms with Gasteiger partial charge in [-0.15, -0.1) is 0 Å². The Morgan fingerprint density at radius 2 is 2.10 bits per heavy atom. The molecule has 0 spiro atoms. The van der Waals surface area contributed by atoms with Gasteiger partial charge in [0.2, 0.25) is 0 Å². The highest BCUT2D eigenvalue weighted by Crippen LogP contribution is 2.17. The predicted molar refractivity (Wildman–Crippen MR) is 72.8 cm³/mol. The van der Waals surface area contributed by atoms with E-state index < -0.39 is 18.8 Å². The number of amides is 2. The Bertz CT molecular complexity index is 560. The molecule has 7 heteroatoms. The smallest absolute Gasteiger partial charge is 0.395 e. The zero-order chi connectivity index (χ0) is 15.9. The van der Waals surface area contributed by atoms with Gasteiger partial charge in [0.05, 0.1) is 6.61 Å². The van der Waals surface area contributed by atoms with Gasteiger partial charge in [-0.2, -0.15) is 13.2 Å². The van der Waals surface area contributed by atoms with Crippen molar-refractivity contribution in [3.05, 3.63) is 29.3 Å². The summed E-state index contributed by atoms with van der Waals surface area (Å²) in [5, 5.41) is 12.7. The van der Waals surface area contributed by atoms with Crippen LogP contribution in [-0.2, 0) is 0 Å². The van der Waals surface area contributed by atoms with Crippen LogP contribution < -0.4 is 10.6 Å². The monoisotopic (exact) mass is 300 g/mol. The van der Waals surface area contributed by atoms with Gasteiger partial charge in [0.15, 0.2) is 0 Å². The van der Waals surface area contributed by atoms with Crippen molar-refractivity contribution >= 4 is 11.7 Å². The van der Waals surface area contributed by atoms with E-state index in [-0.39, 0.29) is 6.61 Å². The summed E-state index contributed by atoms with van der Waals surface area (Å²) in [6.45, 7) is 0.266. The molecule has 2 amide bonds. The molecular weight excluding hydrogens is 285 g/mol. The van der Waals surface area contributed by atoms with Crippen molar-refractivity contribution in [2.24, 2.45) is 0 Å². The number of aryl methyl sites for hydroxylation is 1. The summed E-state index contributed by atoms with van der Waals surface area (Å²) < 4.78 is 36.0. The number of urea groups is 1. The molecule has 0 atom stereocenters. The van der Waals surface area contributed by atoms with E-state index in [1.54, 1.807) is 30.4 Å². The van der Waals surface area contributed by atoms with E-state index in [2.05, 4.69) is 17.2 Å². The van der Waals surface area contributed by atoms with Crippen molar-refractivity contribution in [2.45, 2.75) is 19.5 Å². The van der Waals surface area contributed by atoms with Crippen LogP contribution in [0.4, 0.5) is 23.7 Å². The maximum Gasteiger partial charge on any atom is 0.405 e. The molecule has 0 radical (unpaired) electrons. The first kappa shape index (κ1) is 16.9. The molecule has 0 saturated heterocycles. The first-order valence-electron chi connectivity index (χ1n) is 6.14. The van der Waals surface area contributed by atoms with Crippen molar-refractivity contribution in [3.8, 4) is 11.8 Å². The van der Waals surface area contributed by atoms with Crippen LogP contribution in [0.25, 0.3) is 0 Å². The first-order valence-corrected chi connectivity index (χ1v) is 6.14. The minimum Gasteiger partial charge on any atom is -0.395 e.